The summed E-state index contributed by atoms with van der Waals surface area (Å²) in [6.45, 7) is 1.81. The largest absolute Gasteiger partial charge is 0.279 e. The number of halogens is 1. The van der Waals surface area contributed by atoms with Crippen LogP contribution in [0, 0.1) is 17.0 Å². The van der Waals surface area contributed by atoms with Gasteiger partial charge in [-0.3, -0.25) is 14.7 Å². The minimum Gasteiger partial charge on any atom is -0.279 e. The highest BCUT2D eigenvalue weighted by molar-refractivity contribution is 9.10. The van der Waals surface area contributed by atoms with Gasteiger partial charge in [-0.1, -0.05) is 34.1 Å². The number of hydrogen-bond donors (Lipinski definition) is 0. The first-order chi connectivity index (χ1) is 10.6. The molecule has 6 nitrogen and oxygen atoms in total. The third kappa shape index (κ3) is 2.62. The number of nitrogens with zero attached hydrogens (tertiary/aromatic N) is 4. The van der Waals surface area contributed by atoms with E-state index in [1.54, 1.807) is 16.7 Å². The van der Waals surface area contributed by atoms with Gasteiger partial charge in [-0.15, -0.1) is 10.2 Å². The van der Waals surface area contributed by atoms with Gasteiger partial charge >= 0.3 is 0 Å². The Labute approximate surface area is 134 Å². The second kappa shape index (κ2) is 5.69. The highest BCUT2D eigenvalue weighted by Gasteiger charge is 2.15. The second-order valence-electron chi connectivity index (χ2n) is 4.69. The van der Waals surface area contributed by atoms with Gasteiger partial charge in [0, 0.05) is 22.2 Å². The summed E-state index contributed by atoms with van der Waals surface area (Å²) in [7, 11) is 0. The van der Waals surface area contributed by atoms with Crippen molar-refractivity contribution < 1.29 is 4.92 Å². The molecule has 110 valence electrons. The van der Waals surface area contributed by atoms with E-state index >= 15 is 0 Å². The summed E-state index contributed by atoms with van der Waals surface area (Å²) in [6.07, 6.45) is 0. The first-order valence-corrected chi connectivity index (χ1v) is 7.28. The number of aryl methyl sites for hydroxylation is 1. The molecule has 0 aliphatic carbocycles. The molecule has 0 atom stereocenters. The van der Waals surface area contributed by atoms with Crippen LogP contribution in [0.2, 0.25) is 0 Å². The van der Waals surface area contributed by atoms with E-state index in [1.165, 1.54) is 12.1 Å². The van der Waals surface area contributed by atoms with Crippen LogP contribution in [-0.4, -0.2) is 19.7 Å². The van der Waals surface area contributed by atoms with E-state index in [4.69, 9.17) is 0 Å². The standard InChI is InChI=1S/C15H11BrN4O2/c1-10-17-18-15(11-5-7-12(16)8-6-11)19(10)13-3-2-4-14(9-13)20(21)22/h2-9H,1H3. The normalized spacial score (nSPS) is 10.6. The molecule has 0 spiro atoms. The molecule has 1 heterocycles. The Morgan fingerprint density at radius 2 is 1.86 bits per heavy atom. The van der Waals surface area contributed by atoms with E-state index < -0.39 is 4.92 Å². The van der Waals surface area contributed by atoms with E-state index in [9.17, 15) is 10.1 Å². The zero-order valence-electron chi connectivity index (χ0n) is 11.6. The van der Waals surface area contributed by atoms with Crippen LogP contribution >= 0.6 is 15.9 Å². The Morgan fingerprint density at radius 1 is 1.14 bits per heavy atom. The minimum absolute atomic E-state index is 0.0346. The fourth-order valence-corrected chi connectivity index (χ4v) is 2.47. The number of rotatable bonds is 3. The van der Waals surface area contributed by atoms with Gasteiger partial charge < -0.3 is 0 Å². The Morgan fingerprint density at radius 3 is 2.55 bits per heavy atom. The Kier molecular flexibility index (Phi) is 3.72. The maximum absolute atomic E-state index is 11.0. The lowest BCUT2D eigenvalue weighted by atomic mass is 10.2. The van der Waals surface area contributed by atoms with Crippen molar-refractivity contribution in [3.8, 4) is 17.1 Å². The second-order valence-corrected chi connectivity index (χ2v) is 5.61. The third-order valence-electron chi connectivity index (χ3n) is 3.23. The number of benzene rings is 2. The van der Waals surface area contributed by atoms with Crippen molar-refractivity contribution in [2.24, 2.45) is 0 Å². The van der Waals surface area contributed by atoms with Gasteiger partial charge in [-0.05, 0) is 25.1 Å². The van der Waals surface area contributed by atoms with Crippen LogP contribution in [0.3, 0.4) is 0 Å². The first-order valence-electron chi connectivity index (χ1n) is 6.49. The van der Waals surface area contributed by atoms with Gasteiger partial charge in [-0.25, -0.2) is 0 Å². The summed E-state index contributed by atoms with van der Waals surface area (Å²) in [5.41, 5.74) is 1.58. The number of nitro groups is 1. The lowest BCUT2D eigenvalue weighted by Gasteiger charge is -2.08. The van der Waals surface area contributed by atoms with Crippen molar-refractivity contribution in [3.63, 3.8) is 0 Å². The first kappa shape index (κ1) is 14.4. The summed E-state index contributed by atoms with van der Waals surface area (Å²) in [6, 6.07) is 14.1. The van der Waals surface area contributed by atoms with Crippen LogP contribution in [0.25, 0.3) is 17.1 Å². The van der Waals surface area contributed by atoms with Crippen molar-refractivity contribution in [1.82, 2.24) is 14.8 Å². The van der Waals surface area contributed by atoms with E-state index in [2.05, 4.69) is 26.1 Å². The molecule has 0 fully saturated rings. The van der Waals surface area contributed by atoms with Crippen LogP contribution in [0.15, 0.2) is 53.0 Å². The quantitative estimate of drug-likeness (QED) is 0.525. The van der Waals surface area contributed by atoms with Crippen LogP contribution in [0.5, 0.6) is 0 Å². The lowest BCUT2D eigenvalue weighted by Crippen LogP contribution is -2.01. The molecule has 0 aliphatic rings. The molecular formula is C15H11BrN4O2. The van der Waals surface area contributed by atoms with Crippen molar-refractivity contribution in [2.45, 2.75) is 6.92 Å². The molecule has 0 saturated heterocycles. The van der Waals surface area contributed by atoms with Crippen LogP contribution < -0.4 is 0 Å². The molecule has 0 unspecified atom stereocenters. The van der Waals surface area contributed by atoms with Gasteiger partial charge in [0.05, 0.1) is 10.6 Å². The molecule has 3 rings (SSSR count). The van der Waals surface area contributed by atoms with Crippen molar-refractivity contribution in [3.05, 3.63) is 68.9 Å². The topological polar surface area (TPSA) is 73.8 Å². The van der Waals surface area contributed by atoms with Crippen molar-refractivity contribution in [2.75, 3.05) is 0 Å². The minimum atomic E-state index is -0.414. The van der Waals surface area contributed by atoms with Crippen LogP contribution in [0.1, 0.15) is 5.82 Å². The maximum atomic E-state index is 11.0. The fraction of sp³-hybridized carbons (Fsp3) is 0.0667. The monoisotopic (exact) mass is 358 g/mol. The number of non-ortho nitro benzene ring substituents is 1. The van der Waals surface area contributed by atoms with E-state index in [0.717, 1.165) is 10.0 Å². The predicted molar refractivity (Wildman–Crippen MR) is 85.9 cm³/mol. The molecule has 0 amide bonds. The van der Waals surface area contributed by atoms with Crippen LogP contribution in [0.4, 0.5) is 5.69 Å². The molecule has 3 aromatic rings. The van der Waals surface area contributed by atoms with Crippen LogP contribution in [-0.2, 0) is 0 Å². The molecule has 1 aromatic heterocycles. The predicted octanol–water partition coefficient (Wildman–Crippen LogP) is 3.91. The lowest BCUT2D eigenvalue weighted by molar-refractivity contribution is -0.384. The Bertz CT molecular complexity index is 843. The van der Waals surface area contributed by atoms with Gasteiger partial charge in [0.2, 0.25) is 0 Å². The molecule has 22 heavy (non-hydrogen) atoms. The highest BCUT2D eigenvalue weighted by atomic mass is 79.9. The average Bonchev–Trinajstić information content (AvgIpc) is 2.90. The van der Waals surface area contributed by atoms with Crippen molar-refractivity contribution >= 4 is 21.6 Å². The number of hydrogen-bond acceptors (Lipinski definition) is 4. The maximum Gasteiger partial charge on any atom is 0.271 e. The SMILES string of the molecule is Cc1nnc(-c2ccc(Br)cc2)n1-c1cccc([N+](=O)[O-])c1. The molecule has 2 aromatic carbocycles. The van der Waals surface area contributed by atoms with Gasteiger partial charge in [0.1, 0.15) is 5.82 Å². The van der Waals surface area contributed by atoms with Gasteiger partial charge in [-0.2, -0.15) is 0 Å². The van der Waals surface area contributed by atoms with E-state index in [1.807, 2.05) is 31.2 Å². The fourth-order valence-electron chi connectivity index (χ4n) is 2.20. The van der Waals surface area contributed by atoms with Crippen molar-refractivity contribution in [1.29, 1.82) is 0 Å². The molecular weight excluding hydrogens is 348 g/mol. The summed E-state index contributed by atoms with van der Waals surface area (Å²) in [5.74, 6) is 1.31. The van der Waals surface area contributed by atoms with E-state index in [-0.39, 0.29) is 5.69 Å². The Hall–Kier alpha value is -2.54. The van der Waals surface area contributed by atoms with Gasteiger partial charge in [0.15, 0.2) is 5.82 Å². The molecule has 0 saturated carbocycles. The van der Waals surface area contributed by atoms with Gasteiger partial charge in [0.25, 0.3) is 5.69 Å². The summed E-state index contributed by atoms with van der Waals surface area (Å²) < 4.78 is 2.77. The molecule has 0 aliphatic heterocycles. The molecule has 0 bridgehead atoms. The number of aromatic nitrogens is 3. The summed E-state index contributed by atoms with van der Waals surface area (Å²) >= 11 is 3.39. The third-order valence-corrected chi connectivity index (χ3v) is 3.75. The summed E-state index contributed by atoms with van der Waals surface area (Å²) in [5, 5.41) is 19.3. The van der Waals surface area contributed by atoms with E-state index in [0.29, 0.717) is 17.3 Å². The molecule has 0 radical (unpaired) electrons. The zero-order valence-corrected chi connectivity index (χ0v) is 13.2. The smallest absolute Gasteiger partial charge is 0.271 e. The molecule has 7 heteroatoms. The Balaban J connectivity index is 2.15. The average molecular weight is 359 g/mol. The molecule has 0 N–H and O–H groups in total. The summed E-state index contributed by atoms with van der Waals surface area (Å²) in [4.78, 5) is 10.5. The number of nitro benzene ring substituents is 1. The highest BCUT2D eigenvalue weighted by Crippen LogP contribution is 2.26. The zero-order chi connectivity index (χ0) is 15.7.